The van der Waals surface area contributed by atoms with E-state index in [1.165, 1.54) is 30.8 Å². The van der Waals surface area contributed by atoms with Gasteiger partial charge in [-0.15, -0.1) is 12.4 Å². The van der Waals surface area contributed by atoms with Gasteiger partial charge in [-0.25, -0.2) is 0 Å². The third kappa shape index (κ3) is 3.85. The number of benzene rings is 1. The highest BCUT2D eigenvalue weighted by Crippen LogP contribution is 2.34. The van der Waals surface area contributed by atoms with Crippen LogP contribution in [0.4, 0.5) is 0 Å². The van der Waals surface area contributed by atoms with Crippen molar-refractivity contribution in [1.29, 1.82) is 0 Å². The molecule has 1 nitrogen and oxygen atoms in total. The smallest absolute Gasteiger partial charge is 0.0406 e. The van der Waals surface area contributed by atoms with E-state index in [0.29, 0.717) is 5.25 Å². The van der Waals surface area contributed by atoms with Crippen LogP contribution in [0.5, 0.6) is 0 Å². The summed E-state index contributed by atoms with van der Waals surface area (Å²) in [5, 5.41) is 1.47. The number of nitrogens with zero attached hydrogens (tertiary/aromatic N) is 1. The van der Waals surface area contributed by atoms with Crippen LogP contribution in [0.15, 0.2) is 24.3 Å². The Morgan fingerprint density at radius 3 is 2.62 bits per heavy atom. The predicted molar refractivity (Wildman–Crippen MR) is 76.0 cm³/mol. The highest BCUT2D eigenvalue weighted by Gasteiger charge is 2.16. The predicted octanol–water partition coefficient (Wildman–Crippen LogP) is 3.87. The molecule has 1 saturated heterocycles. The van der Waals surface area contributed by atoms with Gasteiger partial charge in [0.15, 0.2) is 0 Å². The summed E-state index contributed by atoms with van der Waals surface area (Å²) in [7, 11) is 2.20. The largest absolute Gasteiger partial charge is 0.305 e. The maximum absolute atomic E-state index is 5.89. The van der Waals surface area contributed by atoms with E-state index in [2.05, 4.69) is 35.8 Å². The lowest BCUT2D eigenvalue weighted by molar-refractivity contribution is 0.355. The second-order valence-electron chi connectivity index (χ2n) is 4.00. The van der Waals surface area contributed by atoms with Gasteiger partial charge in [-0.3, -0.25) is 0 Å². The van der Waals surface area contributed by atoms with Gasteiger partial charge in [-0.1, -0.05) is 23.7 Å². The van der Waals surface area contributed by atoms with Crippen LogP contribution in [-0.4, -0.2) is 30.8 Å². The fraction of sp³-hybridized carbons (Fsp3) is 0.500. The molecule has 0 radical (unpaired) electrons. The van der Waals surface area contributed by atoms with E-state index >= 15 is 0 Å². The molecule has 2 rings (SSSR count). The molecule has 4 heteroatoms. The number of rotatable bonds is 1. The first-order valence-electron chi connectivity index (χ1n) is 5.31. The maximum atomic E-state index is 5.89. The molecule has 16 heavy (non-hydrogen) atoms. The molecule has 0 spiro atoms. The lowest BCUT2D eigenvalue weighted by Gasteiger charge is -2.14. The van der Waals surface area contributed by atoms with Gasteiger partial charge in [-0.05, 0) is 37.7 Å². The Hall–Kier alpha value is 0.110. The van der Waals surface area contributed by atoms with Crippen LogP contribution < -0.4 is 0 Å². The van der Waals surface area contributed by atoms with Gasteiger partial charge in [0.05, 0.1) is 0 Å². The van der Waals surface area contributed by atoms with Crippen molar-refractivity contribution in [2.45, 2.75) is 11.7 Å². The lowest BCUT2D eigenvalue weighted by Crippen LogP contribution is -2.20. The minimum Gasteiger partial charge on any atom is -0.305 e. The second-order valence-corrected chi connectivity index (χ2v) is 5.75. The Morgan fingerprint density at radius 2 is 1.94 bits per heavy atom. The number of hydrogen-bond acceptors (Lipinski definition) is 2. The first-order chi connectivity index (χ1) is 7.25. The van der Waals surface area contributed by atoms with Crippen molar-refractivity contribution < 1.29 is 0 Å². The van der Waals surface area contributed by atoms with Crippen molar-refractivity contribution in [3.8, 4) is 0 Å². The van der Waals surface area contributed by atoms with Crippen LogP contribution in [0.3, 0.4) is 0 Å². The van der Waals surface area contributed by atoms with Crippen LogP contribution in [0, 0.1) is 0 Å². The van der Waals surface area contributed by atoms with Gasteiger partial charge in [-0.2, -0.15) is 11.8 Å². The van der Waals surface area contributed by atoms with E-state index in [1.54, 1.807) is 0 Å². The van der Waals surface area contributed by atoms with E-state index in [-0.39, 0.29) is 12.4 Å². The third-order valence-corrected chi connectivity index (χ3v) is 4.39. The van der Waals surface area contributed by atoms with Gasteiger partial charge in [0.2, 0.25) is 0 Å². The van der Waals surface area contributed by atoms with Crippen molar-refractivity contribution in [1.82, 2.24) is 4.90 Å². The Labute approximate surface area is 113 Å². The summed E-state index contributed by atoms with van der Waals surface area (Å²) in [6.45, 7) is 2.40. The Kier molecular flexibility index (Phi) is 5.98. The molecule has 1 aromatic rings. The summed E-state index contributed by atoms with van der Waals surface area (Å²) in [6, 6.07) is 8.30. The molecule has 1 aromatic carbocycles. The van der Waals surface area contributed by atoms with Crippen molar-refractivity contribution in [2.24, 2.45) is 0 Å². The van der Waals surface area contributed by atoms with Crippen LogP contribution in [-0.2, 0) is 0 Å². The Morgan fingerprint density at radius 1 is 1.25 bits per heavy atom. The van der Waals surface area contributed by atoms with E-state index in [4.69, 9.17) is 11.6 Å². The van der Waals surface area contributed by atoms with Gasteiger partial charge in [0.1, 0.15) is 0 Å². The molecule has 90 valence electrons. The van der Waals surface area contributed by atoms with Gasteiger partial charge in [0, 0.05) is 22.6 Å². The average Bonchev–Trinajstić information content (AvgIpc) is 2.44. The maximum Gasteiger partial charge on any atom is 0.0406 e. The molecule has 0 saturated carbocycles. The van der Waals surface area contributed by atoms with Crippen LogP contribution in [0.2, 0.25) is 5.02 Å². The molecular weight excluding hydrogens is 261 g/mol. The average molecular weight is 278 g/mol. The van der Waals surface area contributed by atoms with E-state index in [9.17, 15) is 0 Å². The Balaban J connectivity index is 0.00000128. The molecule has 0 bridgehead atoms. The molecule has 0 N–H and O–H groups in total. The summed E-state index contributed by atoms with van der Waals surface area (Å²) in [5.74, 6) is 1.23. The Bertz CT molecular complexity index is 315. The van der Waals surface area contributed by atoms with Crippen LogP contribution in [0.1, 0.15) is 17.2 Å². The number of hydrogen-bond donors (Lipinski definition) is 0. The van der Waals surface area contributed by atoms with Crippen LogP contribution in [0.25, 0.3) is 0 Å². The lowest BCUT2D eigenvalue weighted by atomic mass is 10.1. The van der Waals surface area contributed by atoms with E-state index in [1.807, 2.05) is 12.1 Å². The molecule has 0 aliphatic carbocycles. The van der Waals surface area contributed by atoms with Gasteiger partial charge >= 0.3 is 0 Å². The minimum absolute atomic E-state index is 0. The molecule has 1 unspecified atom stereocenters. The molecule has 1 fully saturated rings. The zero-order valence-corrected chi connectivity index (χ0v) is 11.7. The van der Waals surface area contributed by atoms with E-state index < -0.39 is 0 Å². The quantitative estimate of drug-likeness (QED) is 0.767. The monoisotopic (exact) mass is 277 g/mol. The first-order valence-corrected chi connectivity index (χ1v) is 6.74. The van der Waals surface area contributed by atoms with Crippen molar-refractivity contribution in [2.75, 3.05) is 25.9 Å². The molecular formula is C12H17Cl2NS. The molecule has 0 aromatic heterocycles. The van der Waals surface area contributed by atoms with Crippen molar-refractivity contribution >= 4 is 35.8 Å². The van der Waals surface area contributed by atoms with Gasteiger partial charge < -0.3 is 4.90 Å². The topological polar surface area (TPSA) is 3.24 Å². The summed E-state index contributed by atoms with van der Waals surface area (Å²) in [6.07, 6.45) is 1.24. The highest BCUT2D eigenvalue weighted by atomic mass is 35.5. The van der Waals surface area contributed by atoms with Crippen LogP contribution >= 0.6 is 35.8 Å². The van der Waals surface area contributed by atoms with Gasteiger partial charge in [0.25, 0.3) is 0 Å². The summed E-state index contributed by atoms with van der Waals surface area (Å²) >= 11 is 7.95. The van der Waals surface area contributed by atoms with Crippen molar-refractivity contribution in [3.63, 3.8) is 0 Å². The SMILES string of the molecule is CN1CCSC(c2ccc(Cl)cc2)CC1.Cl. The summed E-state index contributed by atoms with van der Waals surface area (Å²) in [5.41, 5.74) is 1.42. The number of halogens is 2. The molecule has 1 heterocycles. The minimum atomic E-state index is 0. The highest BCUT2D eigenvalue weighted by molar-refractivity contribution is 7.99. The summed E-state index contributed by atoms with van der Waals surface area (Å²) < 4.78 is 0. The fourth-order valence-corrected chi connectivity index (χ4v) is 3.27. The molecule has 0 amide bonds. The molecule has 1 atom stereocenters. The first kappa shape index (κ1) is 14.2. The third-order valence-electron chi connectivity index (χ3n) is 2.81. The number of thioether (sulfide) groups is 1. The molecule has 1 aliphatic heterocycles. The summed E-state index contributed by atoms with van der Waals surface area (Å²) in [4.78, 5) is 2.41. The zero-order chi connectivity index (χ0) is 10.7. The standard InChI is InChI=1S/C12H16ClNS.ClH/c1-14-7-6-12(15-9-8-14)10-2-4-11(13)5-3-10;/h2-5,12H,6-9H2,1H3;1H. The normalized spacial score (nSPS) is 22.2. The zero-order valence-electron chi connectivity index (χ0n) is 9.36. The molecule has 1 aliphatic rings. The van der Waals surface area contributed by atoms with Crippen molar-refractivity contribution in [3.05, 3.63) is 34.9 Å². The van der Waals surface area contributed by atoms with E-state index in [0.717, 1.165) is 5.02 Å². The fourth-order valence-electron chi connectivity index (χ4n) is 1.82. The second kappa shape index (κ2) is 6.75.